The van der Waals surface area contributed by atoms with Crippen molar-refractivity contribution in [3.63, 3.8) is 0 Å². The molecule has 0 heterocycles. The fourth-order valence-electron chi connectivity index (χ4n) is 1.26. The number of nitrogens with one attached hydrogen (secondary N) is 2. The quantitative estimate of drug-likeness (QED) is 0.540. The third-order valence-electron chi connectivity index (χ3n) is 1.56. The van der Waals surface area contributed by atoms with E-state index in [2.05, 4.69) is 64.0 Å². The van der Waals surface area contributed by atoms with E-state index in [1.165, 1.54) is 0 Å². The van der Waals surface area contributed by atoms with Gasteiger partial charge in [0.25, 0.3) is 0 Å². The second kappa shape index (κ2) is 5.10. The average molecular weight is 214 g/mol. The van der Waals surface area contributed by atoms with Crippen LogP contribution in [0.1, 0.15) is 41.5 Å². The Morgan fingerprint density at radius 2 is 1.29 bits per heavy atom. The summed E-state index contributed by atoms with van der Waals surface area (Å²) in [6.07, 6.45) is 2.48. The molecule has 0 rings (SSSR count). The lowest BCUT2D eigenvalue weighted by atomic mass is 10.1. The van der Waals surface area contributed by atoms with E-state index in [0.29, 0.717) is 0 Å². The highest BCUT2D eigenvalue weighted by Gasteiger charge is 2.19. The predicted molar refractivity (Wildman–Crippen MR) is 68.6 cm³/mol. The Hall–Kier alpha value is -0.123. The highest BCUT2D eigenvalue weighted by Crippen LogP contribution is 2.05. The Labute approximate surface area is 92.0 Å². The van der Waals surface area contributed by atoms with Crippen LogP contribution in [-0.2, 0) is 0 Å². The van der Waals surface area contributed by atoms with Crippen molar-refractivity contribution < 1.29 is 0 Å². The van der Waals surface area contributed by atoms with Gasteiger partial charge in [0, 0.05) is 21.3 Å². The van der Waals surface area contributed by atoms with Crippen molar-refractivity contribution in [3.05, 3.63) is 11.8 Å². The summed E-state index contributed by atoms with van der Waals surface area (Å²) in [7, 11) is 1.11. The topological polar surface area (TPSA) is 24.1 Å². The molecule has 0 aliphatic rings. The summed E-state index contributed by atoms with van der Waals surface area (Å²) >= 11 is 0. The van der Waals surface area contributed by atoms with Gasteiger partial charge >= 0.3 is 0 Å². The van der Waals surface area contributed by atoms with Crippen molar-refractivity contribution in [1.29, 1.82) is 0 Å². The van der Waals surface area contributed by atoms with Crippen LogP contribution < -0.4 is 10.6 Å². The fraction of sp³-hybridized carbons (Fsp3) is 0.818. The highest BCUT2D eigenvalue weighted by atomic mass is 28.1. The van der Waals surface area contributed by atoms with Gasteiger partial charge < -0.3 is 0 Å². The van der Waals surface area contributed by atoms with Gasteiger partial charge in [-0.2, -0.15) is 0 Å². The van der Waals surface area contributed by atoms with E-state index in [-0.39, 0.29) is 17.2 Å². The maximum atomic E-state index is 3.54. The van der Waals surface area contributed by atoms with E-state index >= 15 is 0 Å². The van der Waals surface area contributed by atoms with Crippen LogP contribution in [0.5, 0.6) is 0 Å². The lowest BCUT2D eigenvalue weighted by molar-refractivity contribution is 0.297. The molecule has 14 heavy (non-hydrogen) atoms. The molecule has 0 aliphatic carbocycles. The molecule has 2 nitrogen and oxygen atoms in total. The molecule has 0 atom stereocenters. The van der Waals surface area contributed by atoms with Gasteiger partial charge in [0.1, 0.15) is 0 Å². The summed E-state index contributed by atoms with van der Waals surface area (Å²) < 4.78 is 0. The molecule has 0 saturated carbocycles. The Morgan fingerprint density at radius 1 is 0.929 bits per heavy atom. The molecule has 3 heteroatoms. The van der Waals surface area contributed by atoms with Crippen molar-refractivity contribution in [2.24, 2.45) is 0 Å². The van der Waals surface area contributed by atoms with Crippen LogP contribution in [0.3, 0.4) is 0 Å². The molecule has 0 aliphatic heterocycles. The van der Waals surface area contributed by atoms with E-state index in [0.717, 1.165) is 10.2 Å². The summed E-state index contributed by atoms with van der Waals surface area (Å²) in [6, 6.07) is 0. The Morgan fingerprint density at radius 3 is 1.50 bits per heavy atom. The second-order valence-corrected chi connectivity index (χ2v) is 6.46. The number of hydrogen-bond acceptors (Lipinski definition) is 2. The van der Waals surface area contributed by atoms with Crippen LogP contribution in [0, 0.1) is 0 Å². The van der Waals surface area contributed by atoms with E-state index in [1.54, 1.807) is 0 Å². The van der Waals surface area contributed by atoms with Gasteiger partial charge in [-0.25, -0.2) is 0 Å². The van der Waals surface area contributed by atoms with Crippen molar-refractivity contribution in [2.75, 3.05) is 0 Å². The Kier molecular flexibility index (Phi) is 5.05. The first-order valence-corrected chi connectivity index (χ1v) is 6.48. The van der Waals surface area contributed by atoms with Crippen LogP contribution in [0.2, 0.25) is 0 Å². The minimum absolute atomic E-state index is 0.143. The van der Waals surface area contributed by atoms with Crippen LogP contribution in [0.15, 0.2) is 11.8 Å². The summed E-state index contributed by atoms with van der Waals surface area (Å²) in [6.45, 7) is 13.1. The average Bonchev–Trinajstić information content (AvgIpc) is 1.78. The molecule has 0 bridgehead atoms. The number of hydrogen-bond donors (Lipinski definition) is 2. The molecule has 0 fully saturated rings. The van der Waals surface area contributed by atoms with Gasteiger partial charge in [-0.15, -0.1) is 5.70 Å². The van der Waals surface area contributed by atoms with Crippen molar-refractivity contribution in [2.45, 2.75) is 58.8 Å². The van der Waals surface area contributed by atoms with Crippen LogP contribution in [0.25, 0.3) is 0 Å². The number of rotatable bonds is 3. The summed E-state index contributed by atoms with van der Waals surface area (Å²) in [5.41, 5.74) is 2.50. The maximum Gasteiger partial charge on any atom is 0.0768 e. The Balaban J connectivity index is 4.31. The third-order valence-corrected chi connectivity index (χ3v) is 1.95. The fourth-order valence-corrected chi connectivity index (χ4v) is 1.64. The maximum absolute atomic E-state index is 3.54. The zero-order valence-corrected chi connectivity index (χ0v) is 12.7. The van der Waals surface area contributed by atoms with E-state index in [4.69, 9.17) is 0 Å². The van der Waals surface area contributed by atoms with Crippen LogP contribution in [0.4, 0.5) is 0 Å². The molecule has 0 spiro atoms. The van der Waals surface area contributed by atoms with E-state index in [1.807, 2.05) is 0 Å². The van der Waals surface area contributed by atoms with Gasteiger partial charge in [0.2, 0.25) is 0 Å². The largest absolute Gasteiger partial charge is 0.294 e. The minimum Gasteiger partial charge on any atom is -0.294 e. The molecule has 2 N–H and O–H groups in total. The summed E-state index contributed by atoms with van der Waals surface area (Å²) in [4.78, 5) is 0. The molecule has 0 unspecified atom stereocenters. The molecule has 0 saturated heterocycles. The molecule has 0 aromatic rings. The molecule has 0 aromatic carbocycles. The lowest BCUT2D eigenvalue weighted by Crippen LogP contribution is -2.55. The SMILES string of the molecule is CC(C)(C)NC(C=C[SiH3])NC(C)(C)C. The minimum atomic E-state index is 0.143. The molecule has 84 valence electrons. The lowest BCUT2D eigenvalue weighted by Gasteiger charge is -2.32. The first-order valence-electron chi connectivity index (χ1n) is 5.32. The van der Waals surface area contributed by atoms with Crippen molar-refractivity contribution >= 4 is 10.2 Å². The predicted octanol–water partition coefficient (Wildman–Crippen LogP) is 0.968. The Bertz CT molecular complexity index is 170. The first-order chi connectivity index (χ1) is 6.14. The second-order valence-electron chi connectivity index (χ2n) is 5.79. The van der Waals surface area contributed by atoms with Crippen LogP contribution >= 0.6 is 0 Å². The molecular weight excluding hydrogens is 188 g/mol. The summed E-state index contributed by atoms with van der Waals surface area (Å²) in [5, 5.41) is 7.08. The van der Waals surface area contributed by atoms with Gasteiger partial charge in [-0.05, 0) is 41.5 Å². The summed E-state index contributed by atoms with van der Waals surface area (Å²) in [5.74, 6) is 0. The third kappa shape index (κ3) is 8.47. The zero-order chi connectivity index (χ0) is 11.4. The van der Waals surface area contributed by atoms with Crippen molar-refractivity contribution in [3.8, 4) is 0 Å². The standard InChI is InChI=1S/C11H26N2Si/c1-10(2,3)12-9(7-8-14)13-11(4,5)6/h7-9,12-13H,1-6,14H3. The van der Waals surface area contributed by atoms with E-state index in [9.17, 15) is 0 Å². The normalized spacial score (nSPS) is 14.5. The molecule has 0 aromatic heterocycles. The van der Waals surface area contributed by atoms with Crippen LogP contribution in [-0.4, -0.2) is 27.5 Å². The monoisotopic (exact) mass is 214 g/mol. The van der Waals surface area contributed by atoms with Crippen molar-refractivity contribution in [1.82, 2.24) is 10.6 Å². The smallest absolute Gasteiger partial charge is 0.0768 e. The molecule has 0 amide bonds. The first kappa shape index (κ1) is 13.9. The van der Waals surface area contributed by atoms with Gasteiger partial charge in [0.05, 0.1) is 6.17 Å². The van der Waals surface area contributed by atoms with Gasteiger partial charge in [-0.3, -0.25) is 10.6 Å². The zero-order valence-electron chi connectivity index (χ0n) is 10.7. The van der Waals surface area contributed by atoms with Gasteiger partial charge in [-0.1, -0.05) is 6.08 Å². The molecular formula is C11H26N2Si. The van der Waals surface area contributed by atoms with E-state index < -0.39 is 0 Å². The molecule has 0 radical (unpaired) electrons. The van der Waals surface area contributed by atoms with Gasteiger partial charge in [0.15, 0.2) is 0 Å². The highest BCUT2D eigenvalue weighted by molar-refractivity contribution is 6.17.